The number of halogens is 3. The van der Waals surface area contributed by atoms with Crippen LogP contribution in [-0.2, 0) is 23.2 Å². The van der Waals surface area contributed by atoms with Gasteiger partial charge in [-0.15, -0.1) is 0 Å². The van der Waals surface area contributed by atoms with Gasteiger partial charge in [-0.05, 0) is 55.1 Å². The third-order valence-corrected chi connectivity index (χ3v) is 8.82. The summed E-state index contributed by atoms with van der Waals surface area (Å²) in [5.41, 5.74) is 4.88. The summed E-state index contributed by atoms with van der Waals surface area (Å²) in [6.07, 6.45) is -1.20. The van der Waals surface area contributed by atoms with E-state index in [1.165, 1.54) is 29.0 Å². The lowest BCUT2D eigenvalue weighted by atomic mass is 9.75. The molecule has 0 atom stereocenters. The van der Waals surface area contributed by atoms with Crippen LogP contribution in [0.1, 0.15) is 56.8 Å². The lowest BCUT2D eigenvalue weighted by Gasteiger charge is -2.37. The largest absolute Gasteiger partial charge is 0.417 e. The number of ether oxygens (including phenoxy) is 1. The monoisotopic (exact) mass is 573 g/mol. The van der Waals surface area contributed by atoms with Crippen molar-refractivity contribution >= 4 is 31.1 Å². The van der Waals surface area contributed by atoms with E-state index in [-0.39, 0.29) is 23.7 Å². The number of aromatic nitrogens is 1. The molecule has 1 amide bonds. The molecule has 4 N–H and O–H groups in total. The van der Waals surface area contributed by atoms with Gasteiger partial charge < -0.3 is 25.5 Å². The second-order valence-corrected chi connectivity index (χ2v) is 17.1. The molecule has 3 aromatic rings. The predicted molar refractivity (Wildman–Crippen MR) is 150 cm³/mol. The van der Waals surface area contributed by atoms with E-state index < -0.39 is 42.7 Å². The van der Waals surface area contributed by atoms with Crippen LogP contribution in [0.3, 0.4) is 0 Å². The molecule has 11 heteroatoms. The first-order valence-electron chi connectivity index (χ1n) is 13.1. The minimum Gasteiger partial charge on any atom is -0.397 e. The van der Waals surface area contributed by atoms with E-state index in [2.05, 4.69) is 25.0 Å². The minimum atomic E-state index is -4.72. The van der Waals surface area contributed by atoms with Gasteiger partial charge in [0.05, 0.1) is 22.5 Å². The number of benzene rings is 2. The number of anilines is 2. The molecule has 0 aliphatic heterocycles. The number of hydrogen-bond donors (Lipinski definition) is 3. The van der Waals surface area contributed by atoms with Crippen molar-refractivity contribution in [1.29, 1.82) is 0 Å². The minimum absolute atomic E-state index is 0.0296. The summed E-state index contributed by atoms with van der Waals surface area (Å²) in [7, 11) is -1.39. The van der Waals surface area contributed by atoms with Gasteiger partial charge in [0.1, 0.15) is 12.4 Å². The van der Waals surface area contributed by atoms with Crippen LogP contribution in [0.25, 0.3) is 0 Å². The van der Waals surface area contributed by atoms with Gasteiger partial charge in [0.15, 0.2) is 5.78 Å². The maximum absolute atomic E-state index is 13.6. The maximum atomic E-state index is 13.6. The van der Waals surface area contributed by atoms with E-state index in [4.69, 9.17) is 10.5 Å². The SMILES string of the molecule is C[Si](C)(C)CCOCn1cc(C(=O)c2ccccc2C(F)(F)F)cc1C(=O)Nc1ccc(C2(O)CCC2)cc1N. The molecule has 0 bridgehead atoms. The van der Waals surface area contributed by atoms with Crippen LogP contribution in [-0.4, -0.2) is 36.0 Å². The normalized spacial score (nSPS) is 15.0. The Kier molecular flexibility index (Phi) is 8.30. The first kappa shape index (κ1) is 29.6. The second-order valence-electron chi connectivity index (χ2n) is 11.4. The van der Waals surface area contributed by atoms with Crippen LogP contribution in [0.4, 0.5) is 24.5 Å². The fourth-order valence-electron chi connectivity index (χ4n) is 4.51. The highest BCUT2D eigenvalue weighted by Crippen LogP contribution is 2.42. The van der Waals surface area contributed by atoms with Crippen molar-refractivity contribution in [3.8, 4) is 0 Å². The van der Waals surface area contributed by atoms with E-state index in [1.807, 2.05) is 0 Å². The number of hydrogen-bond acceptors (Lipinski definition) is 5. The van der Waals surface area contributed by atoms with Crippen molar-refractivity contribution in [3.63, 3.8) is 0 Å². The zero-order valence-electron chi connectivity index (χ0n) is 22.8. The first-order chi connectivity index (χ1) is 18.7. The number of amides is 1. The molecule has 1 fully saturated rings. The first-order valence-corrected chi connectivity index (χ1v) is 16.8. The molecule has 4 rings (SSSR count). The predicted octanol–water partition coefficient (Wildman–Crippen LogP) is 6.26. The van der Waals surface area contributed by atoms with Gasteiger partial charge >= 0.3 is 6.18 Å². The van der Waals surface area contributed by atoms with Gasteiger partial charge in [0, 0.05) is 32.0 Å². The summed E-state index contributed by atoms with van der Waals surface area (Å²) >= 11 is 0. The highest BCUT2D eigenvalue weighted by Gasteiger charge is 2.37. The zero-order valence-corrected chi connectivity index (χ0v) is 23.8. The molecule has 0 radical (unpaired) electrons. The Labute approximate surface area is 232 Å². The van der Waals surface area contributed by atoms with Crippen LogP contribution in [0, 0.1) is 0 Å². The molecule has 0 unspecified atom stereocenters. The number of nitrogens with zero attached hydrogens (tertiary/aromatic N) is 1. The van der Waals surface area contributed by atoms with Gasteiger partial charge in [-0.1, -0.05) is 43.9 Å². The van der Waals surface area contributed by atoms with Gasteiger partial charge in [0.25, 0.3) is 5.91 Å². The van der Waals surface area contributed by atoms with Crippen molar-refractivity contribution in [3.05, 3.63) is 82.7 Å². The Morgan fingerprint density at radius 2 is 1.82 bits per heavy atom. The van der Waals surface area contributed by atoms with Crippen molar-refractivity contribution in [1.82, 2.24) is 4.57 Å². The maximum Gasteiger partial charge on any atom is 0.417 e. The Bertz CT molecular complexity index is 1410. The number of carbonyl (C=O) groups excluding carboxylic acids is 2. The summed E-state index contributed by atoms with van der Waals surface area (Å²) in [4.78, 5) is 26.6. The molecule has 0 saturated heterocycles. The van der Waals surface area contributed by atoms with Crippen LogP contribution < -0.4 is 11.1 Å². The number of aliphatic hydroxyl groups is 1. The summed E-state index contributed by atoms with van der Waals surface area (Å²) in [5, 5.41) is 13.3. The topological polar surface area (TPSA) is 107 Å². The fraction of sp³-hybridized carbons (Fsp3) is 0.379. The smallest absolute Gasteiger partial charge is 0.397 e. The number of rotatable bonds is 10. The van der Waals surface area contributed by atoms with Crippen LogP contribution in [0.2, 0.25) is 25.7 Å². The molecule has 214 valence electrons. The fourth-order valence-corrected chi connectivity index (χ4v) is 5.27. The number of carbonyl (C=O) groups is 2. The van der Waals surface area contributed by atoms with Crippen LogP contribution >= 0.6 is 0 Å². The molecule has 0 spiro atoms. The van der Waals surface area contributed by atoms with E-state index in [1.54, 1.807) is 18.2 Å². The summed E-state index contributed by atoms with van der Waals surface area (Å²) in [5.74, 6) is -1.47. The Hall–Kier alpha value is -3.41. The average Bonchev–Trinajstić information content (AvgIpc) is 3.29. The highest BCUT2D eigenvalue weighted by atomic mass is 28.3. The van der Waals surface area contributed by atoms with E-state index in [0.717, 1.165) is 24.6 Å². The summed E-state index contributed by atoms with van der Waals surface area (Å²) in [6, 6.07) is 11.6. The van der Waals surface area contributed by atoms with Crippen molar-refractivity contribution in [2.24, 2.45) is 0 Å². The van der Waals surface area contributed by atoms with Gasteiger partial charge in [0.2, 0.25) is 0 Å². The molecule has 1 aromatic heterocycles. The van der Waals surface area contributed by atoms with Gasteiger partial charge in [-0.25, -0.2) is 0 Å². The zero-order chi connectivity index (χ0) is 29.3. The molecule has 40 heavy (non-hydrogen) atoms. The Balaban J connectivity index is 1.62. The van der Waals surface area contributed by atoms with Crippen molar-refractivity contribution < 1.29 is 32.6 Å². The molecular formula is C29H34F3N3O4Si. The van der Waals surface area contributed by atoms with Crippen LogP contribution in [0.5, 0.6) is 0 Å². The second kappa shape index (κ2) is 11.2. The number of nitrogens with two attached hydrogens (primary N) is 1. The number of alkyl halides is 3. The van der Waals surface area contributed by atoms with Crippen molar-refractivity contribution in [2.45, 2.75) is 63.5 Å². The number of nitrogens with one attached hydrogen (secondary N) is 1. The molecule has 1 aliphatic carbocycles. The Morgan fingerprint density at radius 3 is 2.42 bits per heavy atom. The average molecular weight is 574 g/mol. The van der Waals surface area contributed by atoms with Gasteiger partial charge in [-0.3, -0.25) is 9.59 Å². The molecule has 1 aliphatic rings. The van der Waals surface area contributed by atoms with E-state index in [0.29, 0.717) is 30.7 Å². The van der Waals surface area contributed by atoms with Crippen LogP contribution in [0.15, 0.2) is 54.7 Å². The number of nitrogen functional groups attached to an aromatic ring is 1. The third kappa shape index (κ3) is 6.65. The number of ketones is 1. The molecule has 1 heterocycles. The van der Waals surface area contributed by atoms with Gasteiger partial charge in [-0.2, -0.15) is 13.2 Å². The lowest BCUT2D eigenvalue weighted by molar-refractivity contribution is -0.137. The standard InChI is InChI=1S/C29H34F3N3O4Si/c1-40(2,3)14-13-39-18-35-17-19(26(36)21-7-4-5-8-22(21)29(30,31)32)15-25(35)27(37)34-24-10-9-20(16-23(24)33)28(38)11-6-12-28/h4-5,7-10,15-17,38H,6,11-14,18,33H2,1-3H3,(H,34,37). The highest BCUT2D eigenvalue weighted by molar-refractivity contribution is 6.76. The van der Waals surface area contributed by atoms with E-state index >= 15 is 0 Å². The van der Waals surface area contributed by atoms with E-state index in [9.17, 15) is 27.9 Å². The summed E-state index contributed by atoms with van der Waals surface area (Å²) < 4.78 is 47.9. The molecule has 1 saturated carbocycles. The molecular weight excluding hydrogens is 539 g/mol. The summed E-state index contributed by atoms with van der Waals surface area (Å²) in [6.45, 7) is 6.95. The van der Waals surface area contributed by atoms with Crippen molar-refractivity contribution in [2.75, 3.05) is 17.7 Å². The lowest BCUT2D eigenvalue weighted by Crippen LogP contribution is -2.33. The Morgan fingerprint density at radius 1 is 1.12 bits per heavy atom. The third-order valence-electron chi connectivity index (χ3n) is 7.11. The molecule has 7 nitrogen and oxygen atoms in total. The molecule has 2 aromatic carbocycles. The quantitative estimate of drug-likeness (QED) is 0.115.